The Hall–Kier alpha value is -3.14. The van der Waals surface area contributed by atoms with Crippen molar-refractivity contribution in [3.8, 4) is 11.1 Å². The molecule has 118 valence electrons. The summed E-state index contributed by atoms with van der Waals surface area (Å²) in [4.78, 5) is 9.23. The highest BCUT2D eigenvalue weighted by molar-refractivity contribution is 6.11. The van der Waals surface area contributed by atoms with E-state index in [1.807, 2.05) is 50.2 Å². The molecular weight excluding hydrogens is 296 g/mol. The average molecular weight is 314 g/mol. The van der Waals surface area contributed by atoms with Gasteiger partial charge in [-0.05, 0) is 50.2 Å². The second-order valence-electron chi connectivity index (χ2n) is 6.10. The molecule has 0 aliphatic heterocycles. The van der Waals surface area contributed by atoms with Crippen LogP contribution in [0.25, 0.3) is 32.9 Å². The topological polar surface area (TPSA) is 77.8 Å². The maximum Gasteiger partial charge on any atom is 0.0712 e. The number of fused-ring (bicyclic) bond motifs is 2. The molecule has 0 saturated carbocycles. The van der Waals surface area contributed by atoms with Crippen LogP contribution in [0, 0.1) is 13.8 Å². The first-order valence-corrected chi connectivity index (χ1v) is 7.86. The van der Waals surface area contributed by atoms with Crippen molar-refractivity contribution in [3.05, 3.63) is 59.9 Å². The number of hydrogen-bond acceptors (Lipinski definition) is 4. The van der Waals surface area contributed by atoms with Gasteiger partial charge in [0.25, 0.3) is 0 Å². The molecule has 0 unspecified atom stereocenters. The zero-order valence-electron chi connectivity index (χ0n) is 13.7. The van der Waals surface area contributed by atoms with Crippen LogP contribution in [0.4, 0.5) is 11.4 Å². The van der Waals surface area contributed by atoms with Crippen molar-refractivity contribution < 1.29 is 0 Å². The Balaban J connectivity index is 2.17. The van der Waals surface area contributed by atoms with Gasteiger partial charge < -0.3 is 11.5 Å². The van der Waals surface area contributed by atoms with Crippen molar-refractivity contribution in [2.24, 2.45) is 0 Å². The average Bonchev–Trinajstić information content (AvgIpc) is 2.56. The van der Waals surface area contributed by atoms with Crippen molar-refractivity contribution in [3.63, 3.8) is 0 Å². The summed E-state index contributed by atoms with van der Waals surface area (Å²) in [5, 5.41) is 2.00. The number of rotatable bonds is 1. The third-order valence-electron chi connectivity index (χ3n) is 4.34. The Labute approximate surface area is 140 Å². The van der Waals surface area contributed by atoms with E-state index in [0.29, 0.717) is 11.4 Å². The first kappa shape index (κ1) is 14.5. The zero-order valence-corrected chi connectivity index (χ0v) is 13.7. The number of benzene rings is 2. The highest BCUT2D eigenvalue weighted by atomic mass is 14.7. The predicted molar refractivity (Wildman–Crippen MR) is 101 cm³/mol. The lowest BCUT2D eigenvalue weighted by atomic mass is 9.93. The van der Waals surface area contributed by atoms with E-state index < -0.39 is 0 Å². The number of nitrogen functional groups attached to an aromatic ring is 2. The van der Waals surface area contributed by atoms with Crippen molar-refractivity contribution in [1.29, 1.82) is 0 Å². The van der Waals surface area contributed by atoms with Crippen LogP contribution in [0.3, 0.4) is 0 Å². The first-order chi connectivity index (χ1) is 11.5. The van der Waals surface area contributed by atoms with Crippen LogP contribution in [-0.2, 0) is 0 Å². The Kier molecular flexibility index (Phi) is 3.13. The van der Waals surface area contributed by atoms with Crippen molar-refractivity contribution >= 4 is 33.2 Å². The quantitative estimate of drug-likeness (QED) is 0.515. The van der Waals surface area contributed by atoms with Gasteiger partial charge in [0.15, 0.2) is 0 Å². The number of anilines is 2. The van der Waals surface area contributed by atoms with Crippen LogP contribution in [-0.4, -0.2) is 9.97 Å². The Morgan fingerprint density at radius 3 is 1.42 bits per heavy atom. The molecule has 0 radical (unpaired) electrons. The van der Waals surface area contributed by atoms with Crippen molar-refractivity contribution in [2.45, 2.75) is 13.8 Å². The molecule has 4 rings (SSSR count). The largest absolute Gasteiger partial charge is 0.398 e. The fraction of sp³-hybridized carbons (Fsp3) is 0.100. The summed E-state index contributed by atoms with van der Waals surface area (Å²) in [6, 6.07) is 15.8. The summed E-state index contributed by atoms with van der Waals surface area (Å²) >= 11 is 0. The Bertz CT molecular complexity index is 1010. The molecule has 2 aromatic carbocycles. The van der Waals surface area contributed by atoms with Gasteiger partial charge in [-0.1, -0.05) is 12.1 Å². The van der Waals surface area contributed by atoms with Crippen molar-refractivity contribution in [2.75, 3.05) is 11.5 Å². The number of nitrogens with two attached hydrogens (primary N) is 2. The van der Waals surface area contributed by atoms with E-state index in [2.05, 4.69) is 22.1 Å². The number of hydrogen-bond donors (Lipinski definition) is 2. The normalized spacial score (nSPS) is 11.2. The van der Waals surface area contributed by atoms with E-state index in [9.17, 15) is 0 Å². The molecule has 4 nitrogen and oxygen atoms in total. The lowest BCUT2D eigenvalue weighted by Crippen LogP contribution is -1.98. The predicted octanol–water partition coefficient (Wildman–Crippen LogP) is 4.23. The molecule has 4 heteroatoms. The number of nitrogens with zero attached hydrogens (tertiary/aromatic N) is 2. The third kappa shape index (κ3) is 2.15. The molecule has 4 N–H and O–H groups in total. The minimum atomic E-state index is 0.688. The van der Waals surface area contributed by atoms with Gasteiger partial charge in [0, 0.05) is 44.7 Å². The van der Waals surface area contributed by atoms with Crippen molar-refractivity contribution in [1.82, 2.24) is 9.97 Å². The van der Waals surface area contributed by atoms with Gasteiger partial charge in [-0.2, -0.15) is 0 Å². The molecule has 0 aliphatic rings. The Morgan fingerprint density at radius 1 is 0.583 bits per heavy atom. The molecule has 0 atom stereocenters. The number of pyridine rings is 2. The smallest absolute Gasteiger partial charge is 0.0712 e. The summed E-state index contributed by atoms with van der Waals surface area (Å²) in [6.07, 6.45) is 0. The van der Waals surface area contributed by atoms with Crippen LogP contribution in [0.15, 0.2) is 48.5 Å². The number of aryl methyl sites for hydroxylation is 2. The third-order valence-corrected chi connectivity index (χ3v) is 4.34. The maximum absolute atomic E-state index is 6.34. The lowest BCUT2D eigenvalue weighted by molar-refractivity contribution is 1.25. The maximum atomic E-state index is 6.34. The highest BCUT2D eigenvalue weighted by Crippen LogP contribution is 2.40. The highest BCUT2D eigenvalue weighted by Gasteiger charge is 2.15. The second kappa shape index (κ2) is 5.20. The lowest BCUT2D eigenvalue weighted by Gasteiger charge is -2.15. The van der Waals surface area contributed by atoms with Gasteiger partial charge >= 0.3 is 0 Å². The van der Waals surface area contributed by atoms with E-state index >= 15 is 0 Å². The van der Waals surface area contributed by atoms with E-state index in [1.54, 1.807) is 0 Å². The van der Waals surface area contributed by atoms with E-state index in [0.717, 1.165) is 44.3 Å². The summed E-state index contributed by atoms with van der Waals surface area (Å²) in [5.74, 6) is 0. The summed E-state index contributed by atoms with van der Waals surface area (Å²) in [6.45, 7) is 3.96. The molecule has 0 saturated heterocycles. The second-order valence-corrected chi connectivity index (χ2v) is 6.10. The van der Waals surface area contributed by atoms with Gasteiger partial charge in [-0.3, -0.25) is 9.97 Å². The molecule has 0 amide bonds. The minimum Gasteiger partial charge on any atom is -0.398 e. The fourth-order valence-electron chi connectivity index (χ4n) is 3.20. The molecule has 0 spiro atoms. The first-order valence-electron chi connectivity index (χ1n) is 7.86. The van der Waals surface area contributed by atoms with Gasteiger partial charge in [-0.15, -0.1) is 0 Å². The van der Waals surface area contributed by atoms with Crippen LogP contribution >= 0.6 is 0 Å². The molecule has 24 heavy (non-hydrogen) atoms. The van der Waals surface area contributed by atoms with Crippen LogP contribution < -0.4 is 11.5 Å². The van der Waals surface area contributed by atoms with E-state index in [1.165, 1.54) is 0 Å². The monoisotopic (exact) mass is 314 g/mol. The summed E-state index contributed by atoms with van der Waals surface area (Å²) in [5.41, 5.74) is 19.7. The van der Waals surface area contributed by atoms with Crippen LogP contribution in [0.2, 0.25) is 0 Å². The molecule has 2 aromatic heterocycles. The molecule has 0 fully saturated rings. The van der Waals surface area contributed by atoms with Gasteiger partial charge in [0.05, 0.1) is 11.0 Å². The SMILES string of the molecule is Cc1ccc2c(-c3c(N)ccc4nc(C)ccc34)c(N)ccc2n1. The molecule has 0 aliphatic carbocycles. The van der Waals surface area contributed by atoms with Gasteiger partial charge in [0.1, 0.15) is 0 Å². The van der Waals surface area contributed by atoms with Gasteiger partial charge in [0.2, 0.25) is 0 Å². The number of aromatic nitrogens is 2. The summed E-state index contributed by atoms with van der Waals surface area (Å²) < 4.78 is 0. The molecule has 2 heterocycles. The van der Waals surface area contributed by atoms with Crippen LogP contribution in [0.1, 0.15) is 11.4 Å². The van der Waals surface area contributed by atoms with Crippen LogP contribution in [0.5, 0.6) is 0 Å². The minimum absolute atomic E-state index is 0.688. The van der Waals surface area contributed by atoms with Gasteiger partial charge in [-0.25, -0.2) is 0 Å². The molecular formula is C20H18N4. The fourth-order valence-corrected chi connectivity index (χ4v) is 3.20. The summed E-state index contributed by atoms with van der Waals surface area (Å²) in [7, 11) is 0. The molecule has 4 aromatic rings. The molecule has 0 bridgehead atoms. The Morgan fingerprint density at radius 2 is 1.00 bits per heavy atom. The standard InChI is InChI=1S/C20H18N4/c1-11-3-5-13-17(23-11)9-7-15(21)19(13)20-14-6-4-12(2)24-18(14)10-8-16(20)22/h3-10H,21-22H2,1-2H3. The van der Waals surface area contributed by atoms with E-state index in [4.69, 9.17) is 11.5 Å². The zero-order chi connectivity index (χ0) is 16.8. The van der Waals surface area contributed by atoms with E-state index in [-0.39, 0.29) is 0 Å².